The van der Waals surface area contributed by atoms with E-state index in [0.29, 0.717) is 5.75 Å². The molecule has 0 radical (unpaired) electrons. The van der Waals surface area contributed by atoms with Crippen molar-refractivity contribution >= 4 is 11.9 Å². The maximum atomic E-state index is 12.4. The number of hydrogen-bond acceptors (Lipinski definition) is 5. The third kappa shape index (κ3) is 3.00. The molecule has 0 spiro atoms. The van der Waals surface area contributed by atoms with Gasteiger partial charge in [0.05, 0.1) is 6.04 Å². The molecular formula is C25H33NO4. The lowest BCUT2D eigenvalue weighted by Gasteiger charge is -2.65. The van der Waals surface area contributed by atoms with E-state index < -0.39 is 5.60 Å². The molecule has 5 nitrogen and oxygen atoms in total. The van der Waals surface area contributed by atoms with Gasteiger partial charge in [-0.15, -0.1) is 0 Å². The van der Waals surface area contributed by atoms with Gasteiger partial charge in [0.15, 0.2) is 0 Å². The van der Waals surface area contributed by atoms with Gasteiger partial charge in [-0.3, -0.25) is 14.5 Å². The summed E-state index contributed by atoms with van der Waals surface area (Å²) in [5.74, 6) is 0.930. The van der Waals surface area contributed by atoms with E-state index in [1.54, 1.807) is 6.92 Å². The molecule has 2 bridgehead atoms. The van der Waals surface area contributed by atoms with Crippen molar-refractivity contribution in [1.29, 1.82) is 0 Å². The van der Waals surface area contributed by atoms with Crippen LogP contribution in [0.2, 0.25) is 0 Å². The maximum absolute atomic E-state index is 12.4. The van der Waals surface area contributed by atoms with Gasteiger partial charge in [0, 0.05) is 25.8 Å². The van der Waals surface area contributed by atoms with Crippen LogP contribution in [-0.2, 0) is 26.2 Å². The molecule has 3 atom stereocenters. The maximum Gasteiger partial charge on any atom is 0.308 e. The van der Waals surface area contributed by atoms with E-state index in [1.165, 1.54) is 37.3 Å². The number of hydrogen-bond donors (Lipinski definition) is 0. The second kappa shape index (κ2) is 7.37. The first-order valence-corrected chi connectivity index (χ1v) is 11.7. The van der Waals surface area contributed by atoms with Crippen LogP contribution in [0.25, 0.3) is 0 Å². The fourth-order valence-corrected chi connectivity index (χ4v) is 6.98. The molecule has 162 valence electrons. The molecule has 1 aromatic rings. The Labute approximate surface area is 179 Å². The van der Waals surface area contributed by atoms with Crippen LogP contribution in [-0.4, -0.2) is 41.6 Å². The van der Waals surface area contributed by atoms with Crippen LogP contribution in [0.1, 0.15) is 76.3 Å². The summed E-state index contributed by atoms with van der Waals surface area (Å²) in [5.41, 5.74) is 1.93. The van der Waals surface area contributed by atoms with Crippen molar-refractivity contribution in [2.75, 3.05) is 13.1 Å². The first kappa shape index (κ1) is 20.0. The summed E-state index contributed by atoms with van der Waals surface area (Å²) >= 11 is 0. The summed E-state index contributed by atoms with van der Waals surface area (Å²) in [5, 5.41) is 0. The van der Waals surface area contributed by atoms with Gasteiger partial charge in [0.1, 0.15) is 11.4 Å². The molecule has 1 saturated heterocycles. The molecule has 3 aliphatic carbocycles. The number of fused-ring (bicyclic) bond motifs is 1. The molecule has 3 fully saturated rings. The minimum absolute atomic E-state index is 0.170. The number of nitrogens with zero attached hydrogens (tertiary/aromatic N) is 1. The number of benzene rings is 1. The van der Waals surface area contributed by atoms with E-state index in [4.69, 9.17) is 9.47 Å². The molecule has 30 heavy (non-hydrogen) atoms. The van der Waals surface area contributed by atoms with Crippen LogP contribution >= 0.6 is 0 Å². The second-order valence-corrected chi connectivity index (χ2v) is 9.95. The molecule has 0 N–H and O–H groups in total. The summed E-state index contributed by atoms with van der Waals surface area (Å²) in [6.07, 6.45) is 10.1. The summed E-state index contributed by atoms with van der Waals surface area (Å²) in [7, 11) is 0. The number of rotatable bonds is 4. The third-order valence-corrected chi connectivity index (χ3v) is 8.33. The van der Waals surface area contributed by atoms with Crippen LogP contribution in [0.3, 0.4) is 0 Å². The smallest absolute Gasteiger partial charge is 0.308 e. The Morgan fingerprint density at radius 1 is 1.07 bits per heavy atom. The number of likely N-dealkylation sites (tertiary alicyclic amines) is 1. The van der Waals surface area contributed by atoms with Crippen molar-refractivity contribution in [3.8, 4) is 5.75 Å². The topological polar surface area (TPSA) is 55.8 Å². The Morgan fingerprint density at radius 3 is 2.57 bits per heavy atom. The zero-order valence-electron chi connectivity index (χ0n) is 18.2. The molecular weight excluding hydrogens is 378 g/mol. The summed E-state index contributed by atoms with van der Waals surface area (Å²) in [6.45, 7) is 5.19. The standard InChI is InChI=1S/C25H33NO4/c1-17(27)29-21-9-8-20-14-23-25(30-18(2)28)11-4-3-10-24(25,22(20)15-21)12-13-26(23)16-19-6-5-7-19/h8-9,15,19,23H,3-7,10-14,16H2,1-2H3/t23-,24+,25?/m1/s1. The largest absolute Gasteiger partial charge is 0.457 e. The lowest BCUT2D eigenvalue weighted by atomic mass is 9.49. The van der Waals surface area contributed by atoms with E-state index in [1.807, 2.05) is 6.07 Å². The normalized spacial score (nSPS) is 33.1. The molecule has 1 heterocycles. The highest BCUT2D eigenvalue weighted by Crippen LogP contribution is 2.60. The second-order valence-electron chi connectivity index (χ2n) is 9.95. The highest BCUT2D eigenvalue weighted by atomic mass is 16.6. The Balaban J connectivity index is 1.62. The Hall–Kier alpha value is -1.88. The minimum atomic E-state index is -0.471. The van der Waals surface area contributed by atoms with E-state index in [-0.39, 0.29) is 23.4 Å². The van der Waals surface area contributed by atoms with Gasteiger partial charge >= 0.3 is 11.9 Å². The summed E-state index contributed by atoms with van der Waals surface area (Å²) in [4.78, 5) is 26.6. The zero-order valence-corrected chi connectivity index (χ0v) is 18.2. The first-order chi connectivity index (χ1) is 14.4. The van der Waals surface area contributed by atoms with Crippen LogP contribution in [0.5, 0.6) is 5.75 Å². The fourth-order valence-electron chi connectivity index (χ4n) is 6.98. The molecule has 1 aliphatic heterocycles. The molecule has 5 rings (SSSR count). The molecule has 5 heteroatoms. The minimum Gasteiger partial charge on any atom is -0.457 e. The molecule has 4 aliphatic rings. The number of carbonyl (C=O) groups is 2. The fraction of sp³-hybridized carbons (Fsp3) is 0.680. The monoisotopic (exact) mass is 411 g/mol. The number of carbonyl (C=O) groups excluding carboxylic acids is 2. The molecule has 0 amide bonds. The Kier molecular flexibility index (Phi) is 4.92. The Morgan fingerprint density at radius 2 is 1.87 bits per heavy atom. The van der Waals surface area contributed by atoms with Crippen LogP contribution in [0.4, 0.5) is 0 Å². The average molecular weight is 412 g/mol. The predicted molar refractivity (Wildman–Crippen MR) is 113 cm³/mol. The van der Waals surface area contributed by atoms with Gasteiger partial charge in [-0.2, -0.15) is 0 Å². The van der Waals surface area contributed by atoms with Crippen molar-refractivity contribution in [1.82, 2.24) is 4.90 Å². The molecule has 1 aromatic carbocycles. The summed E-state index contributed by atoms with van der Waals surface area (Å²) in [6, 6.07) is 6.37. The molecule has 1 unspecified atom stereocenters. The number of piperidine rings is 1. The quantitative estimate of drug-likeness (QED) is 0.550. The van der Waals surface area contributed by atoms with Crippen molar-refractivity contribution < 1.29 is 19.1 Å². The SMILES string of the molecule is CC(=O)Oc1ccc2c(c1)[C@@]13CCCCC1(OC(C)=O)[C@@H](C2)N(CC1CCC1)CC3. The zero-order chi connectivity index (χ0) is 20.9. The van der Waals surface area contributed by atoms with Gasteiger partial charge < -0.3 is 9.47 Å². The van der Waals surface area contributed by atoms with Crippen molar-refractivity contribution in [2.24, 2.45) is 5.92 Å². The lowest BCUT2D eigenvalue weighted by molar-refractivity contribution is -0.206. The van der Waals surface area contributed by atoms with Gasteiger partial charge in [-0.25, -0.2) is 0 Å². The average Bonchev–Trinajstić information content (AvgIpc) is 2.65. The van der Waals surface area contributed by atoms with Crippen LogP contribution < -0.4 is 4.74 Å². The van der Waals surface area contributed by atoms with Crippen LogP contribution in [0.15, 0.2) is 18.2 Å². The van der Waals surface area contributed by atoms with E-state index in [2.05, 4.69) is 17.0 Å². The Bertz CT molecular complexity index is 863. The summed E-state index contributed by atoms with van der Waals surface area (Å²) < 4.78 is 11.8. The van der Waals surface area contributed by atoms with Gasteiger partial charge in [0.2, 0.25) is 0 Å². The van der Waals surface area contributed by atoms with Crippen molar-refractivity contribution in [3.63, 3.8) is 0 Å². The predicted octanol–water partition coefficient (Wildman–Crippen LogP) is 4.16. The van der Waals surface area contributed by atoms with Crippen molar-refractivity contribution in [3.05, 3.63) is 29.3 Å². The van der Waals surface area contributed by atoms with Gasteiger partial charge in [0.25, 0.3) is 0 Å². The van der Waals surface area contributed by atoms with E-state index in [9.17, 15) is 9.59 Å². The van der Waals surface area contributed by atoms with E-state index in [0.717, 1.165) is 57.5 Å². The first-order valence-electron chi connectivity index (χ1n) is 11.7. The van der Waals surface area contributed by atoms with E-state index >= 15 is 0 Å². The highest BCUT2D eigenvalue weighted by molar-refractivity contribution is 5.70. The highest BCUT2D eigenvalue weighted by Gasteiger charge is 2.66. The van der Waals surface area contributed by atoms with Crippen molar-refractivity contribution in [2.45, 2.75) is 88.7 Å². The molecule has 2 saturated carbocycles. The van der Waals surface area contributed by atoms with Gasteiger partial charge in [-0.1, -0.05) is 18.9 Å². The number of ether oxygens (including phenoxy) is 2. The van der Waals surface area contributed by atoms with Gasteiger partial charge in [-0.05, 0) is 80.7 Å². The molecule has 0 aromatic heterocycles. The number of esters is 2. The van der Waals surface area contributed by atoms with Crippen LogP contribution in [0, 0.1) is 5.92 Å². The third-order valence-electron chi connectivity index (χ3n) is 8.33. The lowest BCUT2D eigenvalue weighted by Crippen LogP contribution is -2.74.